The van der Waals surface area contributed by atoms with E-state index < -0.39 is 0 Å². The molecule has 0 fully saturated rings. The summed E-state index contributed by atoms with van der Waals surface area (Å²) in [6.07, 6.45) is 1.08. The van der Waals surface area contributed by atoms with Gasteiger partial charge in [-0.05, 0) is 6.42 Å². The highest BCUT2D eigenvalue weighted by atomic mass is 35.5. The molecule has 0 aliphatic heterocycles. The molecule has 4 heteroatoms. The van der Waals surface area contributed by atoms with Crippen molar-refractivity contribution in [3.05, 3.63) is 35.4 Å². The number of hydrogen-bond donors (Lipinski definition) is 1. The van der Waals surface area contributed by atoms with Crippen molar-refractivity contribution >= 4 is 28.3 Å². The molecule has 0 saturated carbocycles. The third kappa shape index (κ3) is 2.41. The minimum atomic E-state index is -0.301. The molecule has 94 valence electrons. The van der Waals surface area contributed by atoms with Crippen LogP contribution < -0.4 is 4.74 Å². The average molecular weight is 265 g/mol. The van der Waals surface area contributed by atoms with E-state index in [-0.39, 0.29) is 16.7 Å². The summed E-state index contributed by atoms with van der Waals surface area (Å²) in [5.41, 5.74) is 0. The Morgan fingerprint density at radius 3 is 2.67 bits per heavy atom. The van der Waals surface area contributed by atoms with Crippen LogP contribution in [-0.4, -0.2) is 11.1 Å². The van der Waals surface area contributed by atoms with Gasteiger partial charge < -0.3 is 9.84 Å². The van der Waals surface area contributed by atoms with E-state index in [0.29, 0.717) is 22.9 Å². The van der Waals surface area contributed by atoms with Crippen molar-refractivity contribution in [2.75, 3.05) is 0 Å². The fourth-order valence-corrected chi connectivity index (χ4v) is 1.96. The molecule has 0 radical (unpaired) electrons. The smallest absolute Gasteiger partial charge is 0.311 e. The van der Waals surface area contributed by atoms with Crippen molar-refractivity contribution in [1.82, 2.24) is 0 Å². The molecular formula is C14H13ClO3. The minimum Gasteiger partial charge on any atom is -0.506 e. The number of phenols is 1. The quantitative estimate of drug-likeness (QED) is 0.675. The Labute approximate surface area is 110 Å². The monoisotopic (exact) mass is 264 g/mol. The Hall–Kier alpha value is -1.74. The highest BCUT2D eigenvalue weighted by Crippen LogP contribution is 2.38. The lowest BCUT2D eigenvalue weighted by Gasteiger charge is -2.10. The summed E-state index contributed by atoms with van der Waals surface area (Å²) in [7, 11) is 0. The first-order valence-corrected chi connectivity index (χ1v) is 6.12. The molecule has 0 spiro atoms. The Morgan fingerprint density at radius 1 is 1.33 bits per heavy atom. The molecule has 0 aliphatic carbocycles. The van der Waals surface area contributed by atoms with Crippen LogP contribution in [0.5, 0.6) is 11.5 Å². The summed E-state index contributed by atoms with van der Waals surface area (Å²) in [5.74, 6) is 0.0822. The van der Waals surface area contributed by atoms with E-state index in [0.717, 1.165) is 6.42 Å². The number of halogens is 1. The van der Waals surface area contributed by atoms with Crippen LogP contribution >= 0.6 is 11.6 Å². The number of carbonyl (C=O) groups excluding carboxylic acids is 1. The molecule has 3 nitrogen and oxygen atoms in total. The van der Waals surface area contributed by atoms with Crippen LogP contribution in [0.15, 0.2) is 30.3 Å². The third-order valence-corrected chi connectivity index (χ3v) is 2.90. The lowest BCUT2D eigenvalue weighted by Crippen LogP contribution is -2.07. The second-order valence-electron chi connectivity index (χ2n) is 3.97. The molecule has 0 amide bonds. The molecule has 0 aromatic heterocycles. The maximum absolute atomic E-state index is 11.5. The van der Waals surface area contributed by atoms with E-state index in [1.165, 1.54) is 6.07 Å². The van der Waals surface area contributed by atoms with Gasteiger partial charge in [0.05, 0.1) is 5.02 Å². The summed E-state index contributed by atoms with van der Waals surface area (Å²) >= 11 is 5.91. The fraction of sp³-hybridized carbons (Fsp3) is 0.214. The Bertz CT molecular complexity index is 593. The minimum absolute atomic E-state index is 0.00237. The Morgan fingerprint density at radius 2 is 2.00 bits per heavy atom. The van der Waals surface area contributed by atoms with Crippen LogP contribution in [0.1, 0.15) is 19.8 Å². The molecule has 1 N–H and O–H groups in total. The van der Waals surface area contributed by atoms with Crippen molar-refractivity contribution < 1.29 is 14.6 Å². The van der Waals surface area contributed by atoms with Gasteiger partial charge in [0.1, 0.15) is 11.5 Å². The molecule has 2 aromatic carbocycles. The number of phenolic OH excluding ortho intramolecular Hbond substituents is 1. The van der Waals surface area contributed by atoms with E-state index in [4.69, 9.17) is 16.3 Å². The predicted octanol–water partition coefficient (Wildman–Crippen LogP) is 3.90. The first kappa shape index (κ1) is 12.7. The largest absolute Gasteiger partial charge is 0.506 e. The summed E-state index contributed by atoms with van der Waals surface area (Å²) in [6.45, 7) is 1.91. The van der Waals surface area contributed by atoms with E-state index in [1.807, 2.05) is 13.0 Å². The lowest BCUT2D eigenvalue weighted by atomic mass is 10.1. The second-order valence-corrected chi connectivity index (χ2v) is 4.38. The van der Waals surface area contributed by atoms with Gasteiger partial charge in [0.2, 0.25) is 0 Å². The summed E-state index contributed by atoms with van der Waals surface area (Å²) in [6, 6.07) is 8.57. The number of rotatable bonds is 3. The molecule has 0 atom stereocenters. The maximum atomic E-state index is 11.5. The van der Waals surface area contributed by atoms with Crippen molar-refractivity contribution in [2.24, 2.45) is 0 Å². The van der Waals surface area contributed by atoms with E-state index in [1.54, 1.807) is 18.2 Å². The fourth-order valence-electron chi connectivity index (χ4n) is 1.76. The number of fused-ring (bicyclic) bond motifs is 1. The van der Waals surface area contributed by atoms with Gasteiger partial charge in [-0.1, -0.05) is 42.8 Å². The summed E-state index contributed by atoms with van der Waals surface area (Å²) < 4.78 is 5.27. The molecule has 0 heterocycles. The molecule has 2 aromatic rings. The van der Waals surface area contributed by atoms with Crippen LogP contribution in [0.2, 0.25) is 5.02 Å². The van der Waals surface area contributed by atoms with Gasteiger partial charge in [0.25, 0.3) is 0 Å². The van der Waals surface area contributed by atoms with Gasteiger partial charge in [-0.25, -0.2) is 0 Å². The first-order chi connectivity index (χ1) is 8.63. The molecule has 0 unspecified atom stereocenters. The normalized spacial score (nSPS) is 10.6. The number of carbonyl (C=O) groups is 1. The van der Waals surface area contributed by atoms with Crippen LogP contribution in [-0.2, 0) is 4.79 Å². The number of ether oxygens (including phenoxy) is 1. The first-order valence-electron chi connectivity index (χ1n) is 5.74. The number of hydrogen-bond acceptors (Lipinski definition) is 3. The van der Waals surface area contributed by atoms with Crippen LogP contribution in [0.25, 0.3) is 10.8 Å². The zero-order chi connectivity index (χ0) is 13.1. The zero-order valence-electron chi connectivity index (χ0n) is 9.94. The van der Waals surface area contributed by atoms with Crippen molar-refractivity contribution in [3.63, 3.8) is 0 Å². The van der Waals surface area contributed by atoms with Gasteiger partial charge in [-0.3, -0.25) is 4.79 Å². The number of aromatic hydroxyl groups is 1. The molecule has 0 saturated heterocycles. The van der Waals surface area contributed by atoms with Crippen molar-refractivity contribution in [3.8, 4) is 11.5 Å². The zero-order valence-corrected chi connectivity index (χ0v) is 10.7. The van der Waals surface area contributed by atoms with Gasteiger partial charge in [-0.2, -0.15) is 0 Å². The van der Waals surface area contributed by atoms with E-state index in [9.17, 15) is 9.90 Å². The maximum Gasteiger partial charge on any atom is 0.311 e. The molecule has 0 aliphatic rings. The molecular weight excluding hydrogens is 252 g/mol. The van der Waals surface area contributed by atoms with Crippen LogP contribution in [0.4, 0.5) is 0 Å². The molecule has 18 heavy (non-hydrogen) atoms. The molecule has 2 rings (SSSR count). The topological polar surface area (TPSA) is 46.5 Å². The molecule has 0 bridgehead atoms. The van der Waals surface area contributed by atoms with Crippen molar-refractivity contribution in [2.45, 2.75) is 19.8 Å². The highest BCUT2D eigenvalue weighted by molar-refractivity contribution is 6.33. The standard InChI is InChI=1S/C14H13ClO3/c1-2-5-13(16)18-12-8-11(15)14(17)10-7-4-3-6-9(10)12/h3-4,6-8,17H,2,5H2,1H3. The highest BCUT2D eigenvalue weighted by Gasteiger charge is 2.13. The van der Waals surface area contributed by atoms with Gasteiger partial charge >= 0.3 is 5.97 Å². The lowest BCUT2D eigenvalue weighted by molar-refractivity contribution is -0.134. The predicted molar refractivity (Wildman–Crippen MR) is 71.2 cm³/mol. The summed E-state index contributed by atoms with van der Waals surface area (Å²) in [4.78, 5) is 11.5. The average Bonchev–Trinajstić information content (AvgIpc) is 2.36. The third-order valence-electron chi connectivity index (χ3n) is 2.61. The number of benzene rings is 2. The van der Waals surface area contributed by atoms with Crippen LogP contribution in [0.3, 0.4) is 0 Å². The SMILES string of the molecule is CCCC(=O)Oc1cc(Cl)c(O)c2ccccc12. The van der Waals surface area contributed by atoms with Crippen LogP contribution in [0, 0.1) is 0 Å². The Kier molecular flexibility index (Phi) is 3.72. The Balaban J connectivity index is 2.50. The van der Waals surface area contributed by atoms with Gasteiger partial charge in [-0.15, -0.1) is 0 Å². The number of esters is 1. The van der Waals surface area contributed by atoms with E-state index in [2.05, 4.69) is 0 Å². The van der Waals surface area contributed by atoms with Crippen molar-refractivity contribution in [1.29, 1.82) is 0 Å². The summed E-state index contributed by atoms with van der Waals surface area (Å²) in [5, 5.41) is 11.3. The van der Waals surface area contributed by atoms with Gasteiger partial charge in [0.15, 0.2) is 0 Å². The second kappa shape index (κ2) is 5.27. The van der Waals surface area contributed by atoms with E-state index >= 15 is 0 Å². The van der Waals surface area contributed by atoms with Gasteiger partial charge in [0, 0.05) is 23.3 Å².